The lowest BCUT2D eigenvalue weighted by Gasteiger charge is -2.01. The van der Waals surface area contributed by atoms with Crippen molar-refractivity contribution in [3.63, 3.8) is 0 Å². The molecule has 1 nitrogen and oxygen atoms in total. The minimum atomic E-state index is 0.239. The van der Waals surface area contributed by atoms with Crippen LogP contribution in [0.1, 0.15) is 5.56 Å². The lowest BCUT2D eigenvalue weighted by molar-refractivity contribution is 0.472. The van der Waals surface area contributed by atoms with Crippen LogP contribution in [-0.4, -0.2) is 15.6 Å². The van der Waals surface area contributed by atoms with E-state index in [0.717, 1.165) is 9.76 Å². The van der Waals surface area contributed by atoms with Crippen LogP contribution < -0.4 is 0 Å². The molecule has 0 radical (unpaired) electrons. The minimum Gasteiger partial charge on any atom is -0.507 e. The zero-order valence-corrected chi connectivity index (χ0v) is 9.59. The average molecular weight is 263 g/mol. The second-order valence-corrected chi connectivity index (χ2v) is 4.50. The first kappa shape index (κ1) is 10.0. The third kappa shape index (κ3) is 2.21. The average Bonchev–Trinajstić information content (AvgIpc) is 2.08. The van der Waals surface area contributed by atoms with E-state index in [1.54, 1.807) is 12.1 Å². The fourth-order valence-corrected chi connectivity index (χ4v) is 1.62. The van der Waals surface area contributed by atoms with Crippen LogP contribution in [0.2, 0.25) is 0 Å². The predicted molar refractivity (Wildman–Crippen MR) is 61.0 cm³/mol. The Morgan fingerprint density at radius 1 is 1.58 bits per heavy atom. The summed E-state index contributed by atoms with van der Waals surface area (Å²) in [6.07, 6.45) is 1.93. The van der Waals surface area contributed by atoms with E-state index in [1.807, 2.05) is 12.3 Å². The van der Waals surface area contributed by atoms with E-state index < -0.39 is 0 Å². The largest absolute Gasteiger partial charge is 0.507 e. The molecule has 0 aromatic heterocycles. The first-order valence-corrected chi connectivity index (χ1v) is 5.64. The monoisotopic (exact) mass is 262 g/mol. The highest BCUT2D eigenvalue weighted by Gasteiger charge is 2.02. The number of thioether (sulfide) groups is 1. The first-order valence-electron chi connectivity index (χ1n) is 3.22. The van der Waals surface area contributed by atoms with Gasteiger partial charge in [-0.3, -0.25) is 0 Å². The Kier molecular flexibility index (Phi) is 3.55. The van der Waals surface area contributed by atoms with Gasteiger partial charge in [-0.25, -0.2) is 0 Å². The highest BCUT2D eigenvalue weighted by atomic mass is 79.9. The normalized spacial score (nSPS) is 9.83. The maximum atomic E-state index is 9.20. The number of phenolic OH excluding ortho intramolecular Hbond substituents is 1. The molecule has 0 fully saturated rings. The standard InChI is InChI=1S/C8H7BrOS2/c1-12-8(11)5-2-3-7(10)6(9)4-5/h2-4,10H,1H3. The van der Waals surface area contributed by atoms with E-state index in [4.69, 9.17) is 12.2 Å². The summed E-state index contributed by atoms with van der Waals surface area (Å²) in [6, 6.07) is 5.25. The van der Waals surface area contributed by atoms with Crippen LogP contribution >= 0.6 is 39.9 Å². The van der Waals surface area contributed by atoms with Crippen LogP contribution in [0.15, 0.2) is 22.7 Å². The Bertz CT molecular complexity index is 312. The second kappa shape index (κ2) is 4.25. The Hall–Kier alpha value is -0.0600. The van der Waals surface area contributed by atoms with E-state index in [-0.39, 0.29) is 5.75 Å². The zero-order valence-electron chi connectivity index (χ0n) is 6.37. The topological polar surface area (TPSA) is 20.2 Å². The van der Waals surface area contributed by atoms with Gasteiger partial charge in [0.1, 0.15) is 5.75 Å². The highest BCUT2D eigenvalue weighted by molar-refractivity contribution is 9.10. The SMILES string of the molecule is CSC(=S)c1ccc(O)c(Br)c1. The molecule has 1 aromatic carbocycles. The van der Waals surface area contributed by atoms with Gasteiger partial charge in [-0.15, -0.1) is 11.8 Å². The molecule has 0 saturated heterocycles. The Labute approximate surface area is 89.3 Å². The first-order chi connectivity index (χ1) is 5.65. The molecule has 0 aliphatic rings. The molecule has 1 rings (SSSR count). The van der Waals surface area contributed by atoms with Gasteiger partial charge < -0.3 is 5.11 Å². The smallest absolute Gasteiger partial charge is 0.129 e. The van der Waals surface area contributed by atoms with Gasteiger partial charge in [0.15, 0.2) is 0 Å². The fourth-order valence-electron chi connectivity index (χ4n) is 0.752. The minimum absolute atomic E-state index is 0.239. The van der Waals surface area contributed by atoms with E-state index in [2.05, 4.69) is 15.9 Å². The zero-order chi connectivity index (χ0) is 9.14. The number of aromatic hydroxyl groups is 1. The van der Waals surface area contributed by atoms with Crippen molar-refractivity contribution in [3.8, 4) is 5.75 Å². The molecular formula is C8H7BrOS2. The molecule has 0 heterocycles. The summed E-state index contributed by atoms with van der Waals surface area (Å²) in [7, 11) is 0. The number of rotatable bonds is 1. The van der Waals surface area contributed by atoms with Crippen LogP contribution in [0.25, 0.3) is 0 Å². The molecule has 64 valence electrons. The third-order valence-electron chi connectivity index (χ3n) is 1.37. The van der Waals surface area contributed by atoms with Crippen LogP contribution in [0.4, 0.5) is 0 Å². The highest BCUT2D eigenvalue weighted by Crippen LogP contribution is 2.25. The number of benzene rings is 1. The maximum Gasteiger partial charge on any atom is 0.129 e. The summed E-state index contributed by atoms with van der Waals surface area (Å²) < 4.78 is 1.51. The van der Waals surface area contributed by atoms with E-state index >= 15 is 0 Å². The summed E-state index contributed by atoms with van der Waals surface area (Å²) in [5, 5.41) is 9.20. The number of hydrogen-bond acceptors (Lipinski definition) is 3. The van der Waals surface area contributed by atoms with Gasteiger partial charge in [-0.05, 0) is 40.4 Å². The molecule has 0 saturated carbocycles. The molecule has 0 spiro atoms. The van der Waals surface area contributed by atoms with Crippen molar-refractivity contribution in [3.05, 3.63) is 28.2 Å². The van der Waals surface area contributed by atoms with Gasteiger partial charge >= 0.3 is 0 Å². The molecule has 1 aromatic rings. The van der Waals surface area contributed by atoms with Crippen LogP contribution in [0.5, 0.6) is 5.75 Å². The van der Waals surface area contributed by atoms with E-state index in [9.17, 15) is 5.11 Å². The molecule has 1 N–H and O–H groups in total. The summed E-state index contributed by atoms with van der Waals surface area (Å²) in [4.78, 5) is 0. The predicted octanol–water partition coefficient (Wildman–Crippen LogP) is 3.19. The van der Waals surface area contributed by atoms with Crippen molar-refractivity contribution < 1.29 is 5.11 Å². The number of phenols is 1. The van der Waals surface area contributed by atoms with Crippen molar-refractivity contribution in [2.45, 2.75) is 0 Å². The van der Waals surface area contributed by atoms with E-state index in [1.165, 1.54) is 11.8 Å². The van der Waals surface area contributed by atoms with Crippen molar-refractivity contribution in [2.75, 3.05) is 6.26 Å². The van der Waals surface area contributed by atoms with Gasteiger partial charge in [0, 0.05) is 5.56 Å². The molecule has 0 amide bonds. The molecule has 0 unspecified atom stereocenters. The molecule has 12 heavy (non-hydrogen) atoms. The van der Waals surface area contributed by atoms with Crippen LogP contribution in [0.3, 0.4) is 0 Å². The lowest BCUT2D eigenvalue weighted by atomic mass is 10.2. The van der Waals surface area contributed by atoms with Gasteiger partial charge in [0.05, 0.1) is 8.67 Å². The van der Waals surface area contributed by atoms with Gasteiger partial charge in [0.25, 0.3) is 0 Å². The van der Waals surface area contributed by atoms with Gasteiger partial charge in [-0.1, -0.05) is 12.2 Å². The molecule has 0 aliphatic heterocycles. The fraction of sp³-hybridized carbons (Fsp3) is 0.125. The number of halogens is 1. The molecule has 4 heteroatoms. The molecule has 0 atom stereocenters. The van der Waals surface area contributed by atoms with Crippen molar-refractivity contribution in [2.24, 2.45) is 0 Å². The lowest BCUT2D eigenvalue weighted by Crippen LogP contribution is -1.89. The van der Waals surface area contributed by atoms with Crippen LogP contribution in [0, 0.1) is 0 Å². The molecule has 0 aliphatic carbocycles. The molecular weight excluding hydrogens is 256 g/mol. The van der Waals surface area contributed by atoms with E-state index in [0.29, 0.717) is 4.47 Å². The third-order valence-corrected chi connectivity index (χ3v) is 3.35. The van der Waals surface area contributed by atoms with Crippen LogP contribution in [-0.2, 0) is 0 Å². The number of hydrogen-bond donors (Lipinski definition) is 1. The second-order valence-electron chi connectivity index (χ2n) is 2.16. The Balaban J connectivity index is 3.05. The quantitative estimate of drug-likeness (QED) is 0.786. The molecule has 0 bridgehead atoms. The van der Waals surface area contributed by atoms with Crippen molar-refractivity contribution in [1.82, 2.24) is 0 Å². The maximum absolute atomic E-state index is 9.20. The van der Waals surface area contributed by atoms with Gasteiger partial charge in [0.2, 0.25) is 0 Å². The Morgan fingerprint density at radius 3 is 2.75 bits per heavy atom. The summed E-state index contributed by atoms with van der Waals surface area (Å²) >= 11 is 9.83. The van der Waals surface area contributed by atoms with Crippen molar-refractivity contribution in [1.29, 1.82) is 0 Å². The summed E-state index contributed by atoms with van der Waals surface area (Å²) in [6.45, 7) is 0. The Morgan fingerprint density at radius 2 is 2.25 bits per heavy atom. The summed E-state index contributed by atoms with van der Waals surface area (Å²) in [5.74, 6) is 0.239. The van der Waals surface area contributed by atoms with Crippen molar-refractivity contribution >= 4 is 44.1 Å². The summed E-state index contributed by atoms with van der Waals surface area (Å²) in [5.41, 5.74) is 0.960. The van der Waals surface area contributed by atoms with Gasteiger partial charge in [-0.2, -0.15) is 0 Å². The number of thiocarbonyl (C=S) groups is 1.